The van der Waals surface area contributed by atoms with E-state index in [-0.39, 0.29) is 0 Å². The van der Waals surface area contributed by atoms with Gasteiger partial charge in [-0.05, 0) is 20.8 Å². The van der Waals surface area contributed by atoms with E-state index in [2.05, 4.69) is 9.97 Å². The third kappa shape index (κ3) is 1.57. The number of rotatable bonds is 2. The zero-order valence-corrected chi connectivity index (χ0v) is 10.6. The first-order valence-corrected chi connectivity index (χ1v) is 5.79. The van der Waals surface area contributed by atoms with Gasteiger partial charge in [-0.3, -0.25) is 4.79 Å². The van der Waals surface area contributed by atoms with Gasteiger partial charge in [0.25, 0.3) is 0 Å². The number of aromatic nitrogens is 3. The monoisotopic (exact) mass is 235 g/mol. The van der Waals surface area contributed by atoms with Crippen LogP contribution in [0.1, 0.15) is 26.8 Å². The van der Waals surface area contributed by atoms with Crippen LogP contribution in [-0.2, 0) is 7.05 Å². The normalized spacial score (nSPS) is 10.8. The number of hydrogen-bond acceptors (Lipinski definition) is 4. The molecule has 0 N–H and O–H groups in total. The molecule has 5 heteroatoms. The number of nitrogens with zero attached hydrogens (tertiary/aromatic N) is 3. The van der Waals surface area contributed by atoms with Gasteiger partial charge >= 0.3 is 0 Å². The van der Waals surface area contributed by atoms with E-state index >= 15 is 0 Å². The Morgan fingerprint density at radius 3 is 2.31 bits per heavy atom. The third-order valence-corrected chi connectivity index (χ3v) is 3.83. The fourth-order valence-corrected chi connectivity index (χ4v) is 2.43. The number of aryl methyl sites for hydroxylation is 2. The highest BCUT2D eigenvalue weighted by atomic mass is 32.1. The van der Waals surface area contributed by atoms with Crippen molar-refractivity contribution in [1.29, 1.82) is 0 Å². The molecule has 84 valence electrons. The molecule has 2 aromatic heterocycles. The Hall–Kier alpha value is -1.49. The van der Waals surface area contributed by atoms with Gasteiger partial charge in [0, 0.05) is 12.7 Å². The van der Waals surface area contributed by atoms with Crippen molar-refractivity contribution in [2.45, 2.75) is 20.8 Å². The van der Waals surface area contributed by atoms with E-state index in [1.807, 2.05) is 32.4 Å². The van der Waals surface area contributed by atoms with Gasteiger partial charge in [-0.1, -0.05) is 0 Å². The lowest BCUT2D eigenvalue weighted by Crippen LogP contribution is -1.94. The standard InChI is InChI=1S/C11H13N3OS/c1-6-8(3)14(4)10(12-6)11-13-7(2)9(5-15)16-11/h5H,1-4H3. The number of thiazole rings is 1. The summed E-state index contributed by atoms with van der Waals surface area (Å²) in [6, 6.07) is 0. The summed E-state index contributed by atoms with van der Waals surface area (Å²) in [6.07, 6.45) is 0.846. The number of carbonyl (C=O) groups is 1. The predicted molar refractivity (Wildman–Crippen MR) is 63.9 cm³/mol. The largest absolute Gasteiger partial charge is 0.329 e. The van der Waals surface area contributed by atoms with Crippen molar-refractivity contribution in [3.63, 3.8) is 0 Å². The second-order valence-electron chi connectivity index (χ2n) is 3.75. The molecular weight excluding hydrogens is 222 g/mol. The molecule has 0 aliphatic carbocycles. The first-order valence-electron chi connectivity index (χ1n) is 4.97. The Morgan fingerprint density at radius 2 is 1.88 bits per heavy atom. The van der Waals surface area contributed by atoms with Crippen LogP contribution in [0.3, 0.4) is 0 Å². The molecule has 0 saturated heterocycles. The maximum atomic E-state index is 10.8. The molecule has 0 aliphatic rings. The molecule has 0 aliphatic heterocycles. The zero-order chi connectivity index (χ0) is 11.9. The van der Waals surface area contributed by atoms with Gasteiger partial charge in [0.2, 0.25) is 0 Å². The Bertz CT molecular complexity index is 554. The van der Waals surface area contributed by atoms with E-state index in [0.29, 0.717) is 4.88 Å². The van der Waals surface area contributed by atoms with Gasteiger partial charge in [0.15, 0.2) is 17.1 Å². The highest BCUT2D eigenvalue weighted by Gasteiger charge is 2.15. The summed E-state index contributed by atoms with van der Waals surface area (Å²) in [4.78, 5) is 20.3. The molecule has 2 aromatic rings. The van der Waals surface area contributed by atoms with E-state index < -0.39 is 0 Å². The van der Waals surface area contributed by atoms with Crippen LogP contribution >= 0.6 is 11.3 Å². The summed E-state index contributed by atoms with van der Waals surface area (Å²) in [5.74, 6) is 0.830. The number of carbonyl (C=O) groups excluding carboxylic acids is 1. The molecule has 0 saturated carbocycles. The van der Waals surface area contributed by atoms with Crippen LogP contribution < -0.4 is 0 Å². The maximum Gasteiger partial charge on any atom is 0.169 e. The molecule has 16 heavy (non-hydrogen) atoms. The van der Waals surface area contributed by atoms with Crippen LogP contribution in [0, 0.1) is 20.8 Å². The second kappa shape index (κ2) is 3.83. The van der Waals surface area contributed by atoms with Crippen LogP contribution in [0.2, 0.25) is 0 Å². The number of aldehydes is 1. The average molecular weight is 235 g/mol. The molecule has 0 amide bonds. The van der Waals surface area contributed by atoms with Gasteiger partial charge in [-0.2, -0.15) is 0 Å². The highest BCUT2D eigenvalue weighted by Crippen LogP contribution is 2.27. The molecule has 0 bridgehead atoms. The summed E-state index contributed by atoms with van der Waals surface area (Å²) < 4.78 is 2.00. The van der Waals surface area contributed by atoms with Gasteiger partial charge in [0.05, 0.1) is 16.3 Å². The van der Waals surface area contributed by atoms with Crippen LogP contribution in [0.25, 0.3) is 10.8 Å². The Morgan fingerprint density at radius 1 is 1.19 bits per heavy atom. The molecule has 0 fully saturated rings. The van der Waals surface area contributed by atoms with Crippen LogP contribution in [0.4, 0.5) is 0 Å². The van der Waals surface area contributed by atoms with Crippen molar-refractivity contribution in [1.82, 2.24) is 14.5 Å². The fourth-order valence-electron chi connectivity index (χ4n) is 1.52. The molecule has 2 rings (SSSR count). The molecular formula is C11H13N3OS. The smallest absolute Gasteiger partial charge is 0.169 e. The van der Waals surface area contributed by atoms with Crippen molar-refractivity contribution in [3.05, 3.63) is 22.0 Å². The van der Waals surface area contributed by atoms with E-state index in [1.54, 1.807) is 0 Å². The second-order valence-corrected chi connectivity index (χ2v) is 4.78. The van der Waals surface area contributed by atoms with Gasteiger partial charge in [0.1, 0.15) is 0 Å². The lowest BCUT2D eigenvalue weighted by molar-refractivity contribution is 0.112. The van der Waals surface area contributed by atoms with Crippen molar-refractivity contribution in [2.75, 3.05) is 0 Å². The van der Waals surface area contributed by atoms with Gasteiger partial charge in [-0.25, -0.2) is 9.97 Å². The van der Waals surface area contributed by atoms with Crippen LogP contribution in [0.5, 0.6) is 0 Å². The summed E-state index contributed by atoms with van der Waals surface area (Å²) in [5, 5.41) is 0.804. The number of hydrogen-bond donors (Lipinski definition) is 0. The minimum Gasteiger partial charge on any atom is -0.329 e. The average Bonchev–Trinajstić information content (AvgIpc) is 2.74. The van der Waals surface area contributed by atoms with Crippen molar-refractivity contribution >= 4 is 17.6 Å². The van der Waals surface area contributed by atoms with Crippen molar-refractivity contribution in [2.24, 2.45) is 7.05 Å². The topological polar surface area (TPSA) is 47.8 Å². The van der Waals surface area contributed by atoms with Crippen molar-refractivity contribution < 1.29 is 4.79 Å². The Labute approximate surface area is 98.0 Å². The fraction of sp³-hybridized carbons (Fsp3) is 0.364. The quantitative estimate of drug-likeness (QED) is 0.750. The first kappa shape index (κ1) is 11.0. The molecule has 0 radical (unpaired) electrons. The molecule has 2 heterocycles. The highest BCUT2D eigenvalue weighted by molar-refractivity contribution is 7.16. The van der Waals surface area contributed by atoms with Gasteiger partial charge in [-0.15, -0.1) is 11.3 Å². The van der Waals surface area contributed by atoms with E-state index in [9.17, 15) is 4.79 Å². The van der Waals surface area contributed by atoms with Crippen molar-refractivity contribution in [3.8, 4) is 10.8 Å². The summed E-state index contributed by atoms with van der Waals surface area (Å²) in [6.45, 7) is 5.83. The molecule has 4 nitrogen and oxygen atoms in total. The zero-order valence-electron chi connectivity index (χ0n) is 9.74. The SMILES string of the molecule is Cc1nc(-c2nc(C)c(C)n2C)sc1C=O. The number of imidazole rings is 1. The molecule has 0 aromatic carbocycles. The summed E-state index contributed by atoms with van der Waals surface area (Å²) in [7, 11) is 1.96. The first-order chi connectivity index (χ1) is 7.54. The van der Waals surface area contributed by atoms with E-state index in [4.69, 9.17) is 0 Å². The van der Waals surface area contributed by atoms with Crippen LogP contribution in [0.15, 0.2) is 0 Å². The van der Waals surface area contributed by atoms with Crippen LogP contribution in [-0.4, -0.2) is 20.8 Å². The molecule has 0 atom stereocenters. The van der Waals surface area contributed by atoms with E-state index in [1.165, 1.54) is 11.3 Å². The third-order valence-electron chi connectivity index (χ3n) is 2.75. The Kier molecular flexibility index (Phi) is 2.63. The minimum absolute atomic E-state index is 0.674. The van der Waals surface area contributed by atoms with Gasteiger partial charge < -0.3 is 4.57 Å². The summed E-state index contributed by atoms with van der Waals surface area (Å²) in [5.41, 5.74) is 2.89. The molecule has 0 spiro atoms. The lowest BCUT2D eigenvalue weighted by atomic mass is 10.4. The predicted octanol–water partition coefficient (Wildman–Crippen LogP) is 2.28. The molecule has 0 unspecified atom stereocenters. The maximum absolute atomic E-state index is 10.8. The lowest BCUT2D eigenvalue weighted by Gasteiger charge is -1.98. The minimum atomic E-state index is 0.674. The Balaban J connectivity index is 2.58. The summed E-state index contributed by atoms with van der Waals surface area (Å²) >= 11 is 1.39. The van der Waals surface area contributed by atoms with E-state index in [0.717, 1.165) is 34.2 Å².